The second-order valence-electron chi connectivity index (χ2n) is 3.11. The first-order chi connectivity index (χ1) is 7.37. The van der Waals surface area contributed by atoms with E-state index in [1.165, 1.54) is 7.11 Å². The molecule has 0 aliphatic heterocycles. The van der Waals surface area contributed by atoms with Gasteiger partial charge in [-0.3, -0.25) is 9.63 Å². The lowest BCUT2D eigenvalue weighted by Gasteiger charge is -2.12. The summed E-state index contributed by atoms with van der Waals surface area (Å²) >= 11 is 0. The molecule has 3 N–H and O–H groups in total. The van der Waals surface area contributed by atoms with Crippen molar-refractivity contribution < 1.29 is 27.5 Å². The van der Waals surface area contributed by atoms with Crippen LogP contribution in [0.25, 0.3) is 0 Å². The Bertz CT molecular complexity index is 211. The molecule has 0 saturated carbocycles. The van der Waals surface area contributed by atoms with E-state index in [0.29, 0.717) is 19.4 Å². The van der Waals surface area contributed by atoms with Gasteiger partial charge >= 0.3 is 6.18 Å². The van der Waals surface area contributed by atoms with Crippen LogP contribution < -0.4 is 11.2 Å². The van der Waals surface area contributed by atoms with E-state index in [4.69, 9.17) is 10.5 Å². The largest absolute Gasteiger partial charge is 0.414 e. The minimum absolute atomic E-state index is 0.315. The van der Waals surface area contributed by atoms with E-state index in [0.717, 1.165) is 0 Å². The van der Waals surface area contributed by atoms with Gasteiger partial charge in [-0.15, -0.1) is 0 Å². The molecule has 0 aliphatic rings. The van der Waals surface area contributed by atoms with E-state index in [1.54, 1.807) is 5.48 Å². The molecule has 0 aliphatic carbocycles. The van der Waals surface area contributed by atoms with Crippen molar-refractivity contribution >= 4 is 5.91 Å². The van der Waals surface area contributed by atoms with Gasteiger partial charge < -0.3 is 10.5 Å². The molecule has 0 aromatic carbocycles. The van der Waals surface area contributed by atoms with Crippen molar-refractivity contribution in [2.45, 2.75) is 25.1 Å². The van der Waals surface area contributed by atoms with E-state index < -0.39 is 24.7 Å². The highest BCUT2D eigenvalue weighted by Crippen LogP contribution is 2.13. The van der Waals surface area contributed by atoms with Crippen molar-refractivity contribution in [2.24, 2.45) is 5.73 Å². The molecule has 0 fully saturated rings. The normalized spacial score (nSPS) is 13.6. The number of halogens is 3. The summed E-state index contributed by atoms with van der Waals surface area (Å²) in [5, 5.41) is 0. The monoisotopic (exact) mass is 244 g/mol. The highest BCUT2D eigenvalue weighted by Gasteiger charge is 2.28. The Morgan fingerprint density at radius 2 is 2.12 bits per heavy atom. The molecule has 0 aromatic rings. The van der Waals surface area contributed by atoms with E-state index in [2.05, 4.69) is 4.84 Å². The predicted molar refractivity (Wildman–Crippen MR) is 49.2 cm³/mol. The number of hydrogen-bond donors (Lipinski definition) is 2. The topological polar surface area (TPSA) is 73.6 Å². The molecule has 5 nitrogen and oxygen atoms in total. The minimum atomic E-state index is -4.48. The molecular weight excluding hydrogens is 229 g/mol. The SMILES string of the molecule is COCCCC(N)C(=O)NOCC(F)(F)F. The fourth-order valence-corrected chi connectivity index (χ4v) is 0.843. The Morgan fingerprint density at radius 3 is 2.62 bits per heavy atom. The first-order valence-electron chi connectivity index (χ1n) is 4.59. The number of hydrogen-bond acceptors (Lipinski definition) is 4. The molecule has 96 valence electrons. The first-order valence-corrected chi connectivity index (χ1v) is 4.59. The summed E-state index contributed by atoms with van der Waals surface area (Å²) in [4.78, 5) is 15.0. The number of rotatable bonds is 7. The van der Waals surface area contributed by atoms with Gasteiger partial charge in [0.2, 0.25) is 0 Å². The minimum Gasteiger partial charge on any atom is -0.385 e. The lowest BCUT2D eigenvalue weighted by atomic mass is 10.2. The van der Waals surface area contributed by atoms with Gasteiger partial charge in [-0.05, 0) is 12.8 Å². The van der Waals surface area contributed by atoms with Gasteiger partial charge in [-0.1, -0.05) is 0 Å². The molecule has 0 radical (unpaired) electrons. The van der Waals surface area contributed by atoms with Gasteiger partial charge in [-0.25, -0.2) is 5.48 Å². The third kappa shape index (κ3) is 8.45. The number of ether oxygens (including phenoxy) is 1. The molecule has 1 unspecified atom stereocenters. The zero-order valence-corrected chi connectivity index (χ0v) is 8.84. The number of nitrogens with one attached hydrogen (secondary N) is 1. The van der Waals surface area contributed by atoms with Gasteiger partial charge in [0.05, 0.1) is 6.04 Å². The lowest BCUT2D eigenvalue weighted by Crippen LogP contribution is -2.41. The van der Waals surface area contributed by atoms with Crippen LogP contribution in [-0.4, -0.2) is 38.4 Å². The summed E-state index contributed by atoms with van der Waals surface area (Å²) < 4.78 is 39.6. The average molecular weight is 244 g/mol. The van der Waals surface area contributed by atoms with Crippen molar-refractivity contribution in [2.75, 3.05) is 20.3 Å². The van der Waals surface area contributed by atoms with Crippen LogP contribution >= 0.6 is 0 Å². The van der Waals surface area contributed by atoms with E-state index in [9.17, 15) is 18.0 Å². The molecule has 1 amide bonds. The fraction of sp³-hybridized carbons (Fsp3) is 0.875. The zero-order valence-electron chi connectivity index (χ0n) is 8.84. The molecule has 8 heteroatoms. The maximum atomic E-state index is 11.6. The van der Waals surface area contributed by atoms with Gasteiger partial charge in [0.15, 0.2) is 6.61 Å². The maximum absolute atomic E-state index is 11.6. The van der Waals surface area contributed by atoms with Crippen LogP contribution in [0, 0.1) is 0 Å². The van der Waals surface area contributed by atoms with Crippen molar-refractivity contribution in [3.05, 3.63) is 0 Å². The number of methoxy groups -OCH3 is 1. The predicted octanol–water partition coefficient (Wildman–Crippen LogP) is 0.350. The summed E-state index contributed by atoms with van der Waals surface area (Å²) in [5.41, 5.74) is 7.02. The lowest BCUT2D eigenvalue weighted by molar-refractivity contribution is -0.192. The van der Waals surface area contributed by atoms with Gasteiger partial charge in [-0.2, -0.15) is 13.2 Å². The highest BCUT2D eigenvalue weighted by atomic mass is 19.4. The number of carbonyl (C=O) groups is 1. The maximum Gasteiger partial charge on any atom is 0.414 e. The quantitative estimate of drug-likeness (QED) is 0.500. The average Bonchev–Trinajstić information content (AvgIpc) is 2.15. The standard InChI is InChI=1S/C8H15F3N2O3/c1-15-4-2-3-6(12)7(14)13-16-5-8(9,10)11/h6H,2-5,12H2,1H3,(H,13,14). The Balaban J connectivity index is 3.63. The Morgan fingerprint density at radius 1 is 1.50 bits per heavy atom. The summed E-state index contributed by atoms with van der Waals surface area (Å²) in [7, 11) is 1.50. The van der Waals surface area contributed by atoms with E-state index in [-0.39, 0.29) is 0 Å². The molecule has 0 aromatic heterocycles. The third-order valence-electron chi connectivity index (χ3n) is 1.61. The summed E-state index contributed by atoms with van der Waals surface area (Å²) in [6, 6.07) is -0.900. The summed E-state index contributed by atoms with van der Waals surface area (Å²) in [6.07, 6.45) is -3.62. The van der Waals surface area contributed by atoms with Gasteiger partial charge in [0, 0.05) is 13.7 Å². The van der Waals surface area contributed by atoms with Crippen molar-refractivity contribution in [3.8, 4) is 0 Å². The number of carbonyl (C=O) groups excluding carboxylic acids is 1. The van der Waals surface area contributed by atoms with Crippen LogP contribution in [0.1, 0.15) is 12.8 Å². The molecule has 0 spiro atoms. The van der Waals surface area contributed by atoms with Crippen LogP contribution in [0.5, 0.6) is 0 Å². The molecule has 0 rings (SSSR count). The fourth-order valence-electron chi connectivity index (χ4n) is 0.843. The summed E-state index contributed by atoms with van der Waals surface area (Å²) in [5.74, 6) is -0.777. The molecule has 1 atom stereocenters. The highest BCUT2D eigenvalue weighted by molar-refractivity contribution is 5.80. The first kappa shape index (κ1) is 15.1. The van der Waals surface area contributed by atoms with Crippen LogP contribution in [0.15, 0.2) is 0 Å². The Hall–Kier alpha value is -0.860. The molecule has 0 heterocycles. The number of nitrogens with two attached hydrogens (primary N) is 1. The number of amides is 1. The summed E-state index contributed by atoms with van der Waals surface area (Å²) in [6.45, 7) is -1.10. The van der Waals surface area contributed by atoms with Crippen LogP contribution in [0.3, 0.4) is 0 Å². The van der Waals surface area contributed by atoms with E-state index in [1.807, 2.05) is 0 Å². The second kappa shape index (κ2) is 7.42. The third-order valence-corrected chi connectivity index (χ3v) is 1.61. The number of hydroxylamine groups is 1. The second-order valence-corrected chi connectivity index (χ2v) is 3.11. The van der Waals surface area contributed by atoms with Crippen LogP contribution in [0.2, 0.25) is 0 Å². The molecule has 0 saturated heterocycles. The van der Waals surface area contributed by atoms with Crippen molar-refractivity contribution in [3.63, 3.8) is 0 Å². The van der Waals surface area contributed by atoms with E-state index >= 15 is 0 Å². The van der Waals surface area contributed by atoms with Crippen molar-refractivity contribution in [1.82, 2.24) is 5.48 Å². The smallest absolute Gasteiger partial charge is 0.385 e. The molecule has 0 bridgehead atoms. The van der Waals surface area contributed by atoms with Crippen molar-refractivity contribution in [1.29, 1.82) is 0 Å². The molecular formula is C8H15F3N2O3. The Labute approximate surface area is 91.0 Å². The van der Waals surface area contributed by atoms with Gasteiger partial charge in [0.1, 0.15) is 0 Å². The Kier molecular flexibility index (Phi) is 7.02. The van der Waals surface area contributed by atoms with Crippen LogP contribution in [-0.2, 0) is 14.4 Å². The number of alkyl halides is 3. The van der Waals surface area contributed by atoms with Crippen LogP contribution in [0.4, 0.5) is 13.2 Å². The van der Waals surface area contributed by atoms with Gasteiger partial charge in [0.25, 0.3) is 5.91 Å². The zero-order chi connectivity index (χ0) is 12.6. The molecule has 16 heavy (non-hydrogen) atoms.